The predicted molar refractivity (Wildman–Crippen MR) is 79.2 cm³/mol. The zero-order valence-electron chi connectivity index (χ0n) is 11.8. The third-order valence-corrected chi connectivity index (χ3v) is 2.96. The smallest absolute Gasteiger partial charge is 0.338 e. The molecule has 0 saturated heterocycles. The molecule has 19 heavy (non-hydrogen) atoms. The summed E-state index contributed by atoms with van der Waals surface area (Å²) in [7, 11) is 0. The maximum Gasteiger partial charge on any atom is 0.338 e. The number of carbonyl (C=O) groups excluding carboxylic acids is 1. The van der Waals surface area contributed by atoms with E-state index < -0.39 is 0 Å². The maximum atomic E-state index is 11.6. The van der Waals surface area contributed by atoms with Gasteiger partial charge >= 0.3 is 5.97 Å². The Labute approximate surface area is 116 Å². The molecule has 0 heterocycles. The monoisotopic (exact) mass is 260 g/mol. The van der Waals surface area contributed by atoms with E-state index in [2.05, 4.69) is 13.0 Å². The summed E-state index contributed by atoms with van der Waals surface area (Å²) in [5.74, 6) is -0.256. The SMILES string of the molecule is CCCCCCC/C=C/COC(=O)c1ccccc1. The molecule has 0 N–H and O–H groups in total. The Balaban J connectivity index is 2.05. The van der Waals surface area contributed by atoms with Gasteiger partial charge in [-0.05, 0) is 25.0 Å². The predicted octanol–water partition coefficient (Wildman–Crippen LogP) is 4.76. The Morgan fingerprint density at radius 3 is 2.53 bits per heavy atom. The fourth-order valence-corrected chi connectivity index (χ4v) is 1.83. The Kier molecular flexibility index (Phi) is 8.45. The summed E-state index contributed by atoms with van der Waals surface area (Å²) in [5.41, 5.74) is 0.607. The molecular weight excluding hydrogens is 236 g/mol. The molecule has 0 aliphatic rings. The molecule has 0 saturated carbocycles. The number of unbranched alkanes of at least 4 members (excludes halogenated alkanes) is 5. The van der Waals surface area contributed by atoms with Gasteiger partial charge in [0.2, 0.25) is 0 Å². The van der Waals surface area contributed by atoms with Crippen molar-refractivity contribution in [3.63, 3.8) is 0 Å². The van der Waals surface area contributed by atoms with Crippen LogP contribution < -0.4 is 0 Å². The van der Waals surface area contributed by atoms with Crippen LogP contribution in [0.4, 0.5) is 0 Å². The molecule has 0 aromatic heterocycles. The van der Waals surface area contributed by atoms with Crippen LogP contribution >= 0.6 is 0 Å². The summed E-state index contributed by atoms with van der Waals surface area (Å²) in [6.45, 7) is 2.59. The van der Waals surface area contributed by atoms with Crippen LogP contribution in [0.15, 0.2) is 42.5 Å². The largest absolute Gasteiger partial charge is 0.458 e. The van der Waals surface area contributed by atoms with Gasteiger partial charge in [-0.1, -0.05) is 63.0 Å². The first kappa shape index (κ1) is 15.5. The molecule has 0 atom stereocenters. The van der Waals surface area contributed by atoms with Crippen LogP contribution in [0.5, 0.6) is 0 Å². The van der Waals surface area contributed by atoms with E-state index in [0.29, 0.717) is 12.2 Å². The highest BCUT2D eigenvalue weighted by atomic mass is 16.5. The van der Waals surface area contributed by atoms with E-state index in [1.807, 2.05) is 24.3 Å². The normalized spacial score (nSPS) is 10.8. The Morgan fingerprint density at radius 1 is 1.05 bits per heavy atom. The van der Waals surface area contributed by atoms with E-state index in [4.69, 9.17) is 4.74 Å². The van der Waals surface area contributed by atoms with Crippen molar-refractivity contribution < 1.29 is 9.53 Å². The molecular formula is C17H24O2. The molecule has 1 aromatic carbocycles. The lowest BCUT2D eigenvalue weighted by Gasteiger charge is -2.01. The van der Waals surface area contributed by atoms with Gasteiger partial charge < -0.3 is 4.74 Å². The number of carbonyl (C=O) groups is 1. The number of ether oxygens (including phenoxy) is 1. The van der Waals surface area contributed by atoms with E-state index in [1.165, 1.54) is 32.1 Å². The number of hydrogen-bond acceptors (Lipinski definition) is 2. The first-order chi connectivity index (χ1) is 9.34. The van der Waals surface area contributed by atoms with Crippen molar-refractivity contribution >= 4 is 5.97 Å². The number of benzene rings is 1. The third-order valence-electron chi connectivity index (χ3n) is 2.96. The van der Waals surface area contributed by atoms with Gasteiger partial charge in [-0.25, -0.2) is 4.79 Å². The molecule has 0 radical (unpaired) electrons. The van der Waals surface area contributed by atoms with Crippen LogP contribution in [0, 0.1) is 0 Å². The van der Waals surface area contributed by atoms with Gasteiger partial charge in [0.25, 0.3) is 0 Å². The van der Waals surface area contributed by atoms with Gasteiger partial charge in [0.05, 0.1) is 5.56 Å². The molecule has 2 nitrogen and oxygen atoms in total. The molecule has 104 valence electrons. The summed E-state index contributed by atoms with van der Waals surface area (Å²) in [4.78, 5) is 11.6. The molecule has 0 spiro atoms. The van der Waals surface area contributed by atoms with Crippen LogP contribution in [0.3, 0.4) is 0 Å². The molecule has 0 unspecified atom stereocenters. The van der Waals surface area contributed by atoms with Crippen molar-refractivity contribution in [1.29, 1.82) is 0 Å². The molecule has 1 rings (SSSR count). The number of rotatable bonds is 9. The summed E-state index contributed by atoms with van der Waals surface area (Å²) in [5, 5.41) is 0. The van der Waals surface area contributed by atoms with E-state index in [0.717, 1.165) is 6.42 Å². The van der Waals surface area contributed by atoms with Gasteiger partial charge in [-0.2, -0.15) is 0 Å². The second kappa shape index (κ2) is 10.4. The van der Waals surface area contributed by atoms with E-state index in [9.17, 15) is 4.79 Å². The molecule has 1 aromatic rings. The van der Waals surface area contributed by atoms with Crippen LogP contribution in [0.25, 0.3) is 0 Å². The summed E-state index contributed by atoms with van der Waals surface area (Å²) < 4.78 is 5.15. The fraction of sp³-hybridized carbons (Fsp3) is 0.471. The van der Waals surface area contributed by atoms with Gasteiger partial charge in [0.15, 0.2) is 0 Å². The Bertz CT molecular complexity index is 368. The van der Waals surface area contributed by atoms with E-state index in [1.54, 1.807) is 12.1 Å². The van der Waals surface area contributed by atoms with Gasteiger partial charge in [0.1, 0.15) is 6.61 Å². The first-order valence-electron chi connectivity index (χ1n) is 7.21. The zero-order valence-corrected chi connectivity index (χ0v) is 11.8. The van der Waals surface area contributed by atoms with Crippen LogP contribution in [-0.4, -0.2) is 12.6 Å². The maximum absolute atomic E-state index is 11.6. The fourth-order valence-electron chi connectivity index (χ4n) is 1.83. The number of esters is 1. The van der Waals surface area contributed by atoms with E-state index >= 15 is 0 Å². The highest BCUT2D eigenvalue weighted by molar-refractivity contribution is 5.89. The van der Waals surface area contributed by atoms with Gasteiger partial charge in [0, 0.05) is 0 Å². The lowest BCUT2D eigenvalue weighted by atomic mass is 10.1. The summed E-state index contributed by atoms with van der Waals surface area (Å²) >= 11 is 0. The molecule has 0 aliphatic carbocycles. The number of allylic oxidation sites excluding steroid dienone is 1. The van der Waals surface area contributed by atoms with Crippen LogP contribution in [-0.2, 0) is 4.74 Å². The van der Waals surface area contributed by atoms with Crippen molar-refractivity contribution in [3.8, 4) is 0 Å². The van der Waals surface area contributed by atoms with Crippen molar-refractivity contribution in [2.45, 2.75) is 45.4 Å². The highest BCUT2D eigenvalue weighted by Gasteiger charge is 2.03. The average Bonchev–Trinajstić information content (AvgIpc) is 2.46. The van der Waals surface area contributed by atoms with E-state index in [-0.39, 0.29) is 5.97 Å². The Morgan fingerprint density at radius 2 is 1.79 bits per heavy atom. The van der Waals surface area contributed by atoms with Crippen molar-refractivity contribution in [2.24, 2.45) is 0 Å². The molecule has 0 amide bonds. The van der Waals surface area contributed by atoms with Crippen LogP contribution in [0.2, 0.25) is 0 Å². The van der Waals surface area contributed by atoms with Gasteiger partial charge in [-0.3, -0.25) is 0 Å². The summed E-state index contributed by atoms with van der Waals surface area (Å²) in [6, 6.07) is 9.08. The van der Waals surface area contributed by atoms with Crippen molar-refractivity contribution in [3.05, 3.63) is 48.0 Å². The standard InChI is InChI=1S/C17H24O2/c1-2-3-4-5-6-7-8-12-15-19-17(18)16-13-10-9-11-14-16/h8-14H,2-7,15H2,1H3/b12-8+. The zero-order chi connectivity index (χ0) is 13.8. The molecule has 0 fully saturated rings. The topological polar surface area (TPSA) is 26.3 Å². The number of hydrogen-bond donors (Lipinski definition) is 0. The highest BCUT2D eigenvalue weighted by Crippen LogP contribution is 2.05. The van der Waals surface area contributed by atoms with Crippen molar-refractivity contribution in [2.75, 3.05) is 6.61 Å². The second-order valence-corrected chi connectivity index (χ2v) is 4.64. The quantitative estimate of drug-likeness (QED) is 0.363. The minimum atomic E-state index is -0.256. The summed E-state index contributed by atoms with van der Waals surface area (Å²) in [6.07, 6.45) is 11.6. The lowest BCUT2D eigenvalue weighted by molar-refractivity contribution is 0.0549. The molecule has 2 heteroatoms. The third kappa shape index (κ3) is 7.45. The minimum Gasteiger partial charge on any atom is -0.458 e. The lowest BCUT2D eigenvalue weighted by Crippen LogP contribution is -2.04. The molecule has 0 aliphatic heterocycles. The second-order valence-electron chi connectivity index (χ2n) is 4.64. The van der Waals surface area contributed by atoms with Crippen LogP contribution in [0.1, 0.15) is 55.8 Å². The van der Waals surface area contributed by atoms with Gasteiger partial charge in [-0.15, -0.1) is 0 Å². The first-order valence-corrected chi connectivity index (χ1v) is 7.21. The van der Waals surface area contributed by atoms with Crippen molar-refractivity contribution in [1.82, 2.24) is 0 Å². The Hall–Kier alpha value is -1.57. The minimum absolute atomic E-state index is 0.256. The average molecular weight is 260 g/mol. The molecule has 0 bridgehead atoms.